The van der Waals surface area contributed by atoms with Crippen molar-refractivity contribution in [3.63, 3.8) is 0 Å². The average molecular weight is 371 g/mol. The van der Waals surface area contributed by atoms with Crippen LogP contribution in [-0.2, 0) is 14.3 Å². The molecule has 22 heavy (non-hydrogen) atoms. The molecule has 8 heteroatoms. The van der Waals surface area contributed by atoms with Crippen LogP contribution in [0.15, 0.2) is 28.7 Å². The first kappa shape index (κ1) is 16.3. The van der Waals surface area contributed by atoms with Gasteiger partial charge in [-0.2, -0.15) is 0 Å². The van der Waals surface area contributed by atoms with Crippen molar-refractivity contribution >= 4 is 33.8 Å². The van der Waals surface area contributed by atoms with Crippen molar-refractivity contribution in [3.8, 4) is 5.75 Å². The van der Waals surface area contributed by atoms with Crippen molar-refractivity contribution in [3.05, 3.63) is 28.7 Å². The van der Waals surface area contributed by atoms with Gasteiger partial charge in [-0.15, -0.1) is 0 Å². The Hall–Kier alpha value is -2.09. The van der Waals surface area contributed by atoms with E-state index in [2.05, 4.69) is 21.2 Å². The lowest BCUT2D eigenvalue weighted by Gasteiger charge is -2.15. The molecule has 1 aromatic rings. The highest BCUT2D eigenvalue weighted by molar-refractivity contribution is 9.10. The monoisotopic (exact) mass is 370 g/mol. The van der Waals surface area contributed by atoms with Gasteiger partial charge in [0.2, 0.25) is 0 Å². The molecule has 1 heterocycles. The number of urea groups is 1. The van der Waals surface area contributed by atoms with Crippen LogP contribution in [0.3, 0.4) is 0 Å². The first-order valence-electron chi connectivity index (χ1n) is 6.64. The van der Waals surface area contributed by atoms with E-state index in [1.807, 2.05) is 0 Å². The number of halogens is 1. The fourth-order valence-electron chi connectivity index (χ4n) is 1.80. The van der Waals surface area contributed by atoms with E-state index in [4.69, 9.17) is 9.47 Å². The van der Waals surface area contributed by atoms with E-state index < -0.39 is 30.6 Å². The maximum atomic E-state index is 11.8. The third kappa shape index (κ3) is 4.20. The van der Waals surface area contributed by atoms with E-state index in [0.717, 1.165) is 9.37 Å². The zero-order valence-electron chi connectivity index (χ0n) is 11.9. The highest BCUT2D eigenvalue weighted by atomic mass is 79.9. The van der Waals surface area contributed by atoms with E-state index >= 15 is 0 Å². The van der Waals surface area contributed by atoms with Gasteiger partial charge in [-0.3, -0.25) is 9.69 Å². The second-order valence-corrected chi connectivity index (χ2v) is 5.51. The molecule has 1 aliphatic heterocycles. The minimum absolute atomic E-state index is 0.278. The number of hydrogen-bond donors (Lipinski definition) is 1. The Bertz CT molecular complexity index is 575. The summed E-state index contributed by atoms with van der Waals surface area (Å²) in [6, 6.07) is 6.49. The molecule has 1 aromatic carbocycles. The molecule has 3 amide bonds. The molecule has 1 N–H and O–H groups in total. The summed E-state index contributed by atoms with van der Waals surface area (Å²) in [6.07, 6.45) is -0.860. The SMILES string of the molecule is C[C@H](Oc1ccc(Br)cc1)C(=O)OCC(=O)N1CCNC1=O. The Kier molecular flexibility index (Phi) is 5.37. The summed E-state index contributed by atoms with van der Waals surface area (Å²) >= 11 is 3.30. The summed E-state index contributed by atoms with van der Waals surface area (Å²) in [5, 5.41) is 2.50. The zero-order valence-corrected chi connectivity index (χ0v) is 13.5. The number of carbonyl (C=O) groups excluding carboxylic acids is 3. The van der Waals surface area contributed by atoms with Gasteiger partial charge >= 0.3 is 12.0 Å². The van der Waals surface area contributed by atoms with Crippen LogP contribution in [0, 0.1) is 0 Å². The Labute approximate surface area is 135 Å². The number of carbonyl (C=O) groups is 3. The lowest BCUT2D eigenvalue weighted by atomic mass is 10.3. The third-order valence-corrected chi connectivity index (χ3v) is 3.48. The Morgan fingerprint density at radius 3 is 2.64 bits per heavy atom. The van der Waals surface area contributed by atoms with Gasteiger partial charge in [-0.1, -0.05) is 15.9 Å². The number of imide groups is 1. The van der Waals surface area contributed by atoms with Crippen LogP contribution in [0.5, 0.6) is 5.75 Å². The molecule has 118 valence electrons. The van der Waals surface area contributed by atoms with Gasteiger partial charge in [-0.05, 0) is 31.2 Å². The van der Waals surface area contributed by atoms with E-state index in [0.29, 0.717) is 12.3 Å². The lowest BCUT2D eigenvalue weighted by Crippen LogP contribution is -2.38. The minimum atomic E-state index is -0.860. The van der Waals surface area contributed by atoms with Crippen molar-refractivity contribution in [2.24, 2.45) is 0 Å². The molecule has 1 saturated heterocycles. The van der Waals surface area contributed by atoms with E-state index in [9.17, 15) is 14.4 Å². The molecular weight excluding hydrogens is 356 g/mol. The molecule has 2 rings (SSSR count). The number of nitrogens with zero attached hydrogens (tertiary/aromatic N) is 1. The Balaban J connectivity index is 1.80. The van der Waals surface area contributed by atoms with Crippen molar-refractivity contribution in [1.29, 1.82) is 0 Å². The topological polar surface area (TPSA) is 84.9 Å². The van der Waals surface area contributed by atoms with Crippen molar-refractivity contribution in [2.45, 2.75) is 13.0 Å². The van der Waals surface area contributed by atoms with Crippen LogP contribution in [0.2, 0.25) is 0 Å². The molecular formula is C14H15BrN2O5. The Morgan fingerprint density at radius 1 is 1.36 bits per heavy atom. The molecule has 1 aliphatic rings. The largest absolute Gasteiger partial charge is 0.479 e. The lowest BCUT2D eigenvalue weighted by molar-refractivity contribution is -0.156. The quantitative estimate of drug-likeness (QED) is 0.789. The summed E-state index contributed by atoms with van der Waals surface area (Å²) in [7, 11) is 0. The van der Waals surface area contributed by atoms with Crippen LogP contribution >= 0.6 is 15.9 Å². The summed E-state index contributed by atoms with van der Waals surface area (Å²) in [4.78, 5) is 35.8. The maximum Gasteiger partial charge on any atom is 0.347 e. The second kappa shape index (κ2) is 7.26. The van der Waals surface area contributed by atoms with Crippen LogP contribution < -0.4 is 10.1 Å². The number of nitrogens with one attached hydrogen (secondary N) is 1. The number of amides is 3. The highest BCUT2D eigenvalue weighted by Gasteiger charge is 2.27. The number of ether oxygens (including phenoxy) is 2. The van der Waals surface area contributed by atoms with Crippen molar-refractivity contribution < 1.29 is 23.9 Å². The second-order valence-electron chi connectivity index (χ2n) is 4.60. The summed E-state index contributed by atoms with van der Waals surface area (Å²) in [5.74, 6) is -0.715. The van der Waals surface area contributed by atoms with Crippen LogP contribution in [0.1, 0.15) is 6.92 Å². The summed E-state index contributed by atoms with van der Waals surface area (Å²) in [5.41, 5.74) is 0. The van der Waals surface area contributed by atoms with Gasteiger partial charge in [0.05, 0.1) is 0 Å². The van der Waals surface area contributed by atoms with Gasteiger partial charge in [-0.25, -0.2) is 9.59 Å². The fraction of sp³-hybridized carbons (Fsp3) is 0.357. The molecule has 1 atom stereocenters. The summed E-state index contributed by atoms with van der Waals surface area (Å²) < 4.78 is 11.2. The van der Waals surface area contributed by atoms with Gasteiger partial charge in [0.25, 0.3) is 5.91 Å². The Morgan fingerprint density at radius 2 is 2.05 bits per heavy atom. The fourth-order valence-corrected chi connectivity index (χ4v) is 2.07. The molecule has 0 aromatic heterocycles. The standard InChI is InChI=1S/C14H15BrN2O5/c1-9(22-11-4-2-10(15)3-5-11)13(19)21-8-12(18)17-7-6-16-14(17)20/h2-5,9H,6-8H2,1H3,(H,16,20)/t9-/m0/s1. The summed E-state index contributed by atoms with van der Waals surface area (Å²) in [6.45, 7) is 1.72. The van der Waals surface area contributed by atoms with Crippen molar-refractivity contribution in [1.82, 2.24) is 10.2 Å². The highest BCUT2D eigenvalue weighted by Crippen LogP contribution is 2.17. The van der Waals surface area contributed by atoms with Gasteiger partial charge in [0.15, 0.2) is 12.7 Å². The van der Waals surface area contributed by atoms with Gasteiger partial charge < -0.3 is 14.8 Å². The van der Waals surface area contributed by atoms with E-state index in [1.54, 1.807) is 24.3 Å². The number of hydrogen-bond acceptors (Lipinski definition) is 5. The average Bonchev–Trinajstić information content (AvgIpc) is 2.93. The van der Waals surface area contributed by atoms with Crippen LogP contribution in [0.4, 0.5) is 4.79 Å². The predicted molar refractivity (Wildman–Crippen MR) is 80.3 cm³/mol. The van der Waals surface area contributed by atoms with Crippen molar-refractivity contribution in [2.75, 3.05) is 19.7 Å². The normalized spacial score (nSPS) is 15.2. The zero-order chi connectivity index (χ0) is 16.1. The van der Waals surface area contributed by atoms with Gasteiger partial charge in [0, 0.05) is 17.6 Å². The first-order chi connectivity index (χ1) is 10.5. The smallest absolute Gasteiger partial charge is 0.347 e. The number of benzene rings is 1. The molecule has 0 radical (unpaired) electrons. The van der Waals surface area contributed by atoms with E-state index in [1.165, 1.54) is 6.92 Å². The molecule has 0 unspecified atom stereocenters. The van der Waals surface area contributed by atoms with Crippen LogP contribution in [-0.4, -0.2) is 48.6 Å². The molecule has 0 spiro atoms. The molecule has 0 bridgehead atoms. The molecule has 1 fully saturated rings. The molecule has 7 nitrogen and oxygen atoms in total. The molecule has 0 aliphatic carbocycles. The number of rotatable bonds is 5. The van der Waals surface area contributed by atoms with Crippen LogP contribution in [0.25, 0.3) is 0 Å². The maximum absolute atomic E-state index is 11.8. The number of esters is 1. The third-order valence-electron chi connectivity index (χ3n) is 2.95. The first-order valence-corrected chi connectivity index (χ1v) is 7.43. The molecule has 0 saturated carbocycles. The predicted octanol–water partition coefficient (Wildman–Crippen LogP) is 1.31. The van der Waals surface area contributed by atoms with Gasteiger partial charge in [0.1, 0.15) is 5.75 Å². The minimum Gasteiger partial charge on any atom is -0.479 e. The van der Waals surface area contributed by atoms with E-state index in [-0.39, 0.29) is 6.54 Å².